The van der Waals surface area contributed by atoms with Crippen molar-refractivity contribution in [1.29, 1.82) is 0 Å². The predicted molar refractivity (Wildman–Crippen MR) is 117 cm³/mol. The molecule has 3 aliphatic heterocycles. The van der Waals surface area contributed by atoms with Gasteiger partial charge in [-0.05, 0) is 55.7 Å². The zero-order chi connectivity index (χ0) is 22.9. The third-order valence-corrected chi connectivity index (χ3v) is 7.82. The monoisotopic (exact) mass is 440 g/mol. The normalized spacial score (nSPS) is 40.8. The summed E-state index contributed by atoms with van der Waals surface area (Å²) in [6.07, 6.45) is 3.05. The van der Waals surface area contributed by atoms with Crippen LogP contribution in [0.25, 0.3) is 0 Å². The number of ether oxygens (including phenoxy) is 2. The zero-order valence-electron chi connectivity index (χ0n) is 19.3. The lowest BCUT2D eigenvalue weighted by Crippen LogP contribution is -2.60. The molecule has 5 rings (SSSR count). The first-order valence-electron chi connectivity index (χ1n) is 11.5. The van der Waals surface area contributed by atoms with E-state index in [-0.39, 0.29) is 41.4 Å². The average Bonchev–Trinajstić information content (AvgIpc) is 2.68. The zero-order valence-corrected chi connectivity index (χ0v) is 19.3. The van der Waals surface area contributed by atoms with Crippen molar-refractivity contribution in [1.82, 2.24) is 10.2 Å². The number of likely N-dealkylation sites (tertiary alicyclic amines) is 1. The fraction of sp³-hybridized carbons (Fsp3) is 0.640. The summed E-state index contributed by atoms with van der Waals surface area (Å²) in [5.41, 5.74) is -0.507. The van der Waals surface area contributed by atoms with Crippen molar-refractivity contribution < 1.29 is 23.9 Å². The molecule has 32 heavy (non-hydrogen) atoms. The standard InChI is InChI=1S/C25H32N2O5/c1-23-11-24(2,21(29)27(4)14-23)13-25(3,12-23)22(30)31-16-7-5-6-15(10-16)20-19-17(32-20)8-9-18(28)26-19/h5-7,10,17,19-20H,8-9,11-14H2,1-4H3,(H,26,28)/t17-,19+,20+,23-,24+,25-/m0/s1. The van der Waals surface area contributed by atoms with Crippen LogP contribution in [-0.2, 0) is 19.1 Å². The summed E-state index contributed by atoms with van der Waals surface area (Å²) in [6, 6.07) is 7.35. The minimum absolute atomic E-state index is 0.0275. The molecule has 0 spiro atoms. The topological polar surface area (TPSA) is 84.9 Å². The van der Waals surface area contributed by atoms with Crippen LogP contribution in [0.3, 0.4) is 0 Å². The first kappa shape index (κ1) is 21.4. The van der Waals surface area contributed by atoms with E-state index in [0.29, 0.717) is 31.6 Å². The minimum Gasteiger partial charge on any atom is -0.426 e. The number of carbonyl (C=O) groups excluding carboxylic acids is 3. The first-order chi connectivity index (χ1) is 15.0. The van der Waals surface area contributed by atoms with Gasteiger partial charge in [0.15, 0.2) is 0 Å². The summed E-state index contributed by atoms with van der Waals surface area (Å²) in [7, 11) is 1.85. The van der Waals surface area contributed by atoms with Crippen molar-refractivity contribution in [3.05, 3.63) is 29.8 Å². The van der Waals surface area contributed by atoms with E-state index in [9.17, 15) is 14.4 Å². The maximum absolute atomic E-state index is 13.4. The number of amides is 2. The Kier molecular flexibility index (Phi) is 4.72. The highest BCUT2D eigenvalue weighted by molar-refractivity contribution is 5.86. The molecule has 2 amide bonds. The van der Waals surface area contributed by atoms with Gasteiger partial charge in [0.25, 0.3) is 0 Å². The Labute approximate surface area is 188 Å². The Balaban J connectivity index is 1.33. The molecule has 1 N–H and O–H groups in total. The van der Waals surface area contributed by atoms with Crippen LogP contribution in [0.4, 0.5) is 0 Å². The van der Waals surface area contributed by atoms with Gasteiger partial charge >= 0.3 is 5.97 Å². The van der Waals surface area contributed by atoms with Crippen LogP contribution in [0.15, 0.2) is 24.3 Å². The van der Waals surface area contributed by atoms with Crippen LogP contribution in [0.2, 0.25) is 0 Å². The van der Waals surface area contributed by atoms with Crippen molar-refractivity contribution in [2.45, 2.75) is 71.1 Å². The number of hydrogen-bond donors (Lipinski definition) is 1. The van der Waals surface area contributed by atoms with E-state index in [1.54, 1.807) is 6.07 Å². The molecular weight excluding hydrogens is 408 g/mol. The van der Waals surface area contributed by atoms with Crippen molar-refractivity contribution in [2.75, 3.05) is 13.6 Å². The fourth-order valence-corrected chi connectivity index (χ4v) is 7.13. The van der Waals surface area contributed by atoms with Crippen LogP contribution in [0, 0.1) is 16.2 Å². The molecule has 1 aliphatic carbocycles. The van der Waals surface area contributed by atoms with E-state index in [0.717, 1.165) is 18.4 Å². The van der Waals surface area contributed by atoms with Gasteiger partial charge in [0.2, 0.25) is 11.8 Å². The molecule has 4 fully saturated rings. The summed E-state index contributed by atoms with van der Waals surface area (Å²) < 4.78 is 11.9. The first-order valence-corrected chi connectivity index (χ1v) is 11.5. The van der Waals surface area contributed by atoms with E-state index < -0.39 is 10.8 Å². The lowest BCUT2D eigenvalue weighted by atomic mass is 9.52. The van der Waals surface area contributed by atoms with Gasteiger partial charge in [0.05, 0.1) is 17.6 Å². The predicted octanol–water partition coefficient (Wildman–Crippen LogP) is 2.99. The van der Waals surface area contributed by atoms with E-state index in [4.69, 9.17) is 9.47 Å². The van der Waals surface area contributed by atoms with Crippen LogP contribution in [0.5, 0.6) is 5.75 Å². The Bertz CT molecular complexity index is 994. The molecule has 1 aromatic rings. The number of piperidine rings is 2. The smallest absolute Gasteiger partial charge is 0.317 e. The summed E-state index contributed by atoms with van der Waals surface area (Å²) in [5.74, 6) is 0.349. The molecule has 1 saturated carbocycles. The number of nitrogens with zero attached hydrogens (tertiary/aromatic N) is 1. The van der Waals surface area contributed by atoms with Gasteiger partial charge in [-0.25, -0.2) is 0 Å². The summed E-state index contributed by atoms with van der Waals surface area (Å²) >= 11 is 0. The summed E-state index contributed by atoms with van der Waals surface area (Å²) in [5, 5.41) is 3.01. The maximum Gasteiger partial charge on any atom is 0.317 e. The molecular formula is C25H32N2O5. The maximum atomic E-state index is 13.4. The van der Waals surface area contributed by atoms with E-state index in [1.807, 2.05) is 44.0 Å². The van der Waals surface area contributed by atoms with Crippen molar-refractivity contribution in [3.8, 4) is 5.75 Å². The average molecular weight is 441 g/mol. The fourth-order valence-electron chi connectivity index (χ4n) is 7.13. The largest absolute Gasteiger partial charge is 0.426 e. The molecule has 0 unspecified atom stereocenters. The minimum atomic E-state index is -0.732. The second-order valence-electron chi connectivity index (χ2n) is 11.3. The number of benzene rings is 1. The molecule has 0 aromatic heterocycles. The highest BCUT2D eigenvalue weighted by Gasteiger charge is 2.59. The molecule has 4 aliphatic rings. The van der Waals surface area contributed by atoms with Crippen LogP contribution in [0.1, 0.15) is 64.5 Å². The molecule has 0 radical (unpaired) electrons. The molecule has 1 aromatic carbocycles. The quantitative estimate of drug-likeness (QED) is 0.577. The molecule has 6 atom stereocenters. The number of esters is 1. The third kappa shape index (κ3) is 3.41. The van der Waals surface area contributed by atoms with E-state index in [1.165, 1.54) is 0 Å². The Morgan fingerprint density at radius 2 is 1.97 bits per heavy atom. The molecule has 3 heterocycles. The van der Waals surface area contributed by atoms with Gasteiger partial charge in [-0.15, -0.1) is 0 Å². The van der Waals surface area contributed by atoms with Gasteiger partial charge in [-0.2, -0.15) is 0 Å². The Morgan fingerprint density at radius 3 is 2.75 bits per heavy atom. The number of hydrogen-bond acceptors (Lipinski definition) is 5. The molecule has 2 bridgehead atoms. The number of nitrogens with one attached hydrogen (secondary N) is 1. The van der Waals surface area contributed by atoms with Gasteiger partial charge in [-0.3, -0.25) is 14.4 Å². The van der Waals surface area contributed by atoms with Gasteiger partial charge in [0, 0.05) is 25.4 Å². The lowest BCUT2D eigenvalue weighted by Gasteiger charge is -2.56. The van der Waals surface area contributed by atoms with Gasteiger partial charge in [-0.1, -0.05) is 26.0 Å². The van der Waals surface area contributed by atoms with Crippen molar-refractivity contribution in [2.24, 2.45) is 16.2 Å². The van der Waals surface area contributed by atoms with Crippen molar-refractivity contribution in [3.63, 3.8) is 0 Å². The Hall–Kier alpha value is -2.41. The number of fused-ring (bicyclic) bond motifs is 3. The number of rotatable bonds is 3. The van der Waals surface area contributed by atoms with Gasteiger partial charge < -0.3 is 19.7 Å². The molecule has 3 saturated heterocycles. The highest BCUT2D eigenvalue weighted by Crippen LogP contribution is 2.58. The second-order valence-corrected chi connectivity index (χ2v) is 11.3. The van der Waals surface area contributed by atoms with Gasteiger partial charge in [0.1, 0.15) is 11.9 Å². The summed E-state index contributed by atoms with van der Waals surface area (Å²) in [6.45, 7) is 6.75. The lowest BCUT2D eigenvalue weighted by molar-refractivity contribution is -0.180. The van der Waals surface area contributed by atoms with Crippen LogP contribution < -0.4 is 10.1 Å². The highest BCUT2D eigenvalue weighted by atomic mass is 16.5. The van der Waals surface area contributed by atoms with Crippen LogP contribution >= 0.6 is 0 Å². The SMILES string of the molecule is CN1C[C@]2(C)C[C@](C)(C(=O)Oc3cccc([C@H]4O[C@H]5CCC(=O)N[C@H]54)c3)C[C@@](C)(C2)C1=O. The van der Waals surface area contributed by atoms with E-state index in [2.05, 4.69) is 12.2 Å². The molecule has 172 valence electrons. The number of carbonyl (C=O) groups is 3. The van der Waals surface area contributed by atoms with E-state index >= 15 is 0 Å². The van der Waals surface area contributed by atoms with Crippen LogP contribution in [-0.4, -0.2) is 48.4 Å². The molecule has 7 nitrogen and oxygen atoms in total. The van der Waals surface area contributed by atoms with Crippen molar-refractivity contribution >= 4 is 17.8 Å². The summed E-state index contributed by atoms with van der Waals surface area (Å²) in [4.78, 5) is 39.9. The second kappa shape index (κ2) is 7.04. The molecule has 7 heteroatoms. The Morgan fingerprint density at radius 1 is 1.19 bits per heavy atom. The third-order valence-electron chi connectivity index (χ3n) is 7.82.